The summed E-state index contributed by atoms with van der Waals surface area (Å²) >= 11 is 1.86. The normalized spacial score (nSPS) is 18.9. The van der Waals surface area contributed by atoms with Gasteiger partial charge in [0.15, 0.2) is 0 Å². The molecule has 3 heteroatoms. The van der Waals surface area contributed by atoms with Crippen LogP contribution in [0.2, 0.25) is 0 Å². The molecule has 0 spiro atoms. The Labute approximate surface area is 114 Å². The van der Waals surface area contributed by atoms with Crippen molar-refractivity contribution in [2.45, 2.75) is 50.5 Å². The summed E-state index contributed by atoms with van der Waals surface area (Å²) in [4.78, 5) is 12.6. The first kappa shape index (κ1) is 13.6. The Morgan fingerprint density at radius 1 is 1.39 bits per heavy atom. The first-order valence-corrected chi connectivity index (χ1v) is 7.52. The quantitative estimate of drug-likeness (QED) is 0.717. The molecule has 0 saturated carbocycles. The summed E-state index contributed by atoms with van der Waals surface area (Å²) in [6, 6.07) is 9.01. The maximum absolute atomic E-state index is 11.2. The van der Waals surface area contributed by atoms with Gasteiger partial charge in [0.1, 0.15) is 5.78 Å². The van der Waals surface area contributed by atoms with E-state index in [4.69, 9.17) is 0 Å². The number of fused-ring (bicyclic) bond motifs is 1. The summed E-state index contributed by atoms with van der Waals surface area (Å²) in [6.07, 6.45) is 4.07. The number of Topliss-reactive ketones (excluding diaryl/α,β-unsaturated/α-hetero) is 1. The third-order valence-electron chi connectivity index (χ3n) is 3.34. The average Bonchev–Trinajstić information content (AvgIpc) is 2.71. The third kappa shape index (κ3) is 3.15. The van der Waals surface area contributed by atoms with Gasteiger partial charge in [0, 0.05) is 23.9 Å². The van der Waals surface area contributed by atoms with E-state index in [0.717, 1.165) is 13.0 Å². The third-order valence-corrected chi connectivity index (χ3v) is 4.58. The van der Waals surface area contributed by atoms with E-state index in [1.165, 1.54) is 23.3 Å². The number of carbonyl (C=O) groups is 1. The van der Waals surface area contributed by atoms with Crippen LogP contribution in [0.5, 0.6) is 0 Å². The molecule has 1 aromatic rings. The number of unbranched alkanes of at least 4 members (excludes halogenated alkanes) is 1. The van der Waals surface area contributed by atoms with Gasteiger partial charge in [-0.15, -0.1) is 0 Å². The van der Waals surface area contributed by atoms with Gasteiger partial charge in [-0.1, -0.05) is 31.5 Å². The molecule has 1 atom stereocenters. The number of carbonyl (C=O) groups excluding carboxylic acids is 1. The minimum atomic E-state index is 0.292. The first-order valence-electron chi connectivity index (χ1n) is 6.75. The summed E-state index contributed by atoms with van der Waals surface area (Å²) in [5, 5.41) is 0. The zero-order valence-electron chi connectivity index (χ0n) is 11.2. The SMILES string of the molecule is CCCCN1Sc2ccccc2C1CCC(C)=O. The Balaban J connectivity index is 2.10. The van der Waals surface area contributed by atoms with Crippen LogP contribution in [0.4, 0.5) is 0 Å². The van der Waals surface area contributed by atoms with E-state index in [0.29, 0.717) is 18.2 Å². The lowest BCUT2D eigenvalue weighted by atomic mass is 10.0. The number of nitrogens with zero attached hydrogens (tertiary/aromatic N) is 1. The van der Waals surface area contributed by atoms with Gasteiger partial charge in [-0.2, -0.15) is 0 Å². The first-order chi connectivity index (χ1) is 8.72. The van der Waals surface area contributed by atoms with Crippen molar-refractivity contribution in [2.24, 2.45) is 0 Å². The van der Waals surface area contributed by atoms with Crippen LogP contribution in [-0.2, 0) is 4.79 Å². The Hall–Kier alpha value is -0.800. The molecule has 0 bridgehead atoms. The second-order valence-corrected chi connectivity index (χ2v) is 5.97. The van der Waals surface area contributed by atoms with Crippen molar-refractivity contribution < 1.29 is 4.79 Å². The summed E-state index contributed by atoms with van der Waals surface area (Å²) < 4.78 is 2.46. The van der Waals surface area contributed by atoms with Crippen LogP contribution in [0, 0.1) is 0 Å². The molecule has 1 aromatic carbocycles. The molecule has 2 rings (SSSR count). The zero-order chi connectivity index (χ0) is 13.0. The Bertz CT molecular complexity index is 419. The summed E-state index contributed by atoms with van der Waals surface area (Å²) in [5.41, 5.74) is 1.40. The van der Waals surface area contributed by atoms with Gasteiger partial charge in [-0.25, -0.2) is 4.31 Å². The van der Waals surface area contributed by atoms with E-state index in [9.17, 15) is 4.79 Å². The fraction of sp³-hybridized carbons (Fsp3) is 0.533. The van der Waals surface area contributed by atoms with Crippen molar-refractivity contribution in [1.82, 2.24) is 4.31 Å². The molecule has 0 radical (unpaired) electrons. The predicted molar refractivity (Wildman–Crippen MR) is 76.6 cm³/mol. The molecule has 1 unspecified atom stereocenters. The van der Waals surface area contributed by atoms with Crippen LogP contribution in [0.3, 0.4) is 0 Å². The average molecular weight is 263 g/mol. The fourth-order valence-electron chi connectivity index (χ4n) is 2.34. The topological polar surface area (TPSA) is 20.3 Å². The molecule has 0 N–H and O–H groups in total. The molecule has 1 heterocycles. The monoisotopic (exact) mass is 263 g/mol. The van der Waals surface area contributed by atoms with Crippen LogP contribution in [0.1, 0.15) is 51.1 Å². The fourth-order valence-corrected chi connectivity index (χ4v) is 3.61. The lowest BCUT2D eigenvalue weighted by Crippen LogP contribution is -2.19. The van der Waals surface area contributed by atoms with Crippen molar-refractivity contribution in [3.63, 3.8) is 0 Å². The predicted octanol–water partition coefficient (Wildman–Crippen LogP) is 4.22. The molecular formula is C15H21NOS. The smallest absolute Gasteiger partial charge is 0.129 e. The van der Waals surface area contributed by atoms with Crippen molar-refractivity contribution in [3.8, 4) is 0 Å². The summed E-state index contributed by atoms with van der Waals surface area (Å²) in [7, 11) is 0. The lowest BCUT2D eigenvalue weighted by molar-refractivity contribution is -0.117. The minimum absolute atomic E-state index is 0.292. The van der Waals surface area contributed by atoms with Crippen LogP contribution in [0.25, 0.3) is 0 Å². The molecule has 2 nitrogen and oxygen atoms in total. The Morgan fingerprint density at radius 2 is 2.17 bits per heavy atom. The maximum atomic E-state index is 11.2. The van der Waals surface area contributed by atoms with Crippen LogP contribution in [-0.4, -0.2) is 16.6 Å². The maximum Gasteiger partial charge on any atom is 0.129 e. The van der Waals surface area contributed by atoms with Crippen LogP contribution >= 0.6 is 11.9 Å². The van der Waals surface area contributed by atoms with E-state index in [1.54, 1.807) is 6.92 Å². The molecule has 0 aromatic heterocycles. The zero-order valence-corrected chi connectivity index (χ0v) is 12.0. The van der Waals surface area contributed by atoms with Gasteiger partial charge in [-0.05, 0) is 43.3 Å². The van der Waals surface area contributed by atoms with Crippen molar-refractivity contribution in [3.05, 3.63) is 29.8 Å². The molecular weight excluding hydrogens is 242 g/mol. The molecule has 1 aliphatic rings. The van der Waals surface area contributed by atoms with E-state index >= 15 is 0 Å². The number of hydrogen-bond acceptors (Lipinski definition) is 3. The number of hydrogen-bond donors (Lipinski definition) is 0. The molecule has 1 aliphatic heterocycles. The highest BCUT2D eigenvalue weighted by molar-refractivity contribution is 7.97. The molecule has 0 saturated heterocycles. The Morgan fingerprint density at radius 3 is 2.89 bits per heavy atom. The van der Waals surface area contributed by atoms with Gasteiger partial charge in [0.25, 0.3) is 0 Å². The van der Waals surface area contributed by atoms with Crippen molar-refractivity contribution in [2.75, 3.05) is 6.54 Å². The highest BCUT2D eigenvalue weighted by atomic mass is 32.2. The van der Waals surface area contributed by atoms with Gasteiger partial charge < -0.3 is 4.79 Å². The van der Waals surface area contributed by atoms with Gasteiger partial charge in [0.2, 0.25) is 0 Å². The van der Waals surface area contributed by atoms with Crippen molar-refractivity contribution in [1.29, 1.82) is 0 Å². The van der Waals surface area contributed by atoms with E-state index in [2.05, 4.69) is 35.5 Å². The van der Waals surface area contributed by atoms with Crippen LogP contribution < -0.4 is 0 Å². The Kier molecular flexibility index (Phi) is 4.84. The number of ketones is 1. The minimum Gasteiger partial charge on any atom is -0.300 e. The molecule has 18 heavy (non-hydrogen) atoms. The second kappa shape index (κ2) is 6.39. The van der Waals surface area contributed by atoms with E-state index < -0.39 is 0 Å². The van der Waals surface area contributed by atoms with Crippen LogP contribution in [0.15, 0.2) is 29.2 Å². The molecule has 0 amide bonds. The van der Waals surface area contributed by atoms with E-state index in [-0.39, 0.29) is 0 Å². The molecule has 0 aliphatic carbocycles. The number of rotatable bonds is 6. The highest BCUT2D eigenvalue weighted by Gasteiger charge is 2.30. The van der Waals surface area contributed by atoms with Gasteiger partial charge in [0.05, 0.1) is 0 Å². The molecule has 0 fully saturated rings. The van der Waals surface area contributed by atoms with E-state index in [1.807, 2.05) is 11.9 Å². The number of benzene rings is 1. The molecule has 98 valence electrons. The lowest BCUT2D eigenvalue weighted by Gasteiger charge is -2.23. The summed E-state index contributed by atoms with van der Waals surface area (Å²) in [6.45, 7) is 5.02. The van der Waals surface area contributed by atoms with Gasteiger partial charge >= 0.3 is 0 Å². The highest BCUT2D eigenvalue weighted by Crippen LogP contribution is 2.46. The standard InChI is InChI=1S/C15H21NOS/c1-3-4-11-16-14(10-9-12(2)17)13-7-5-6-8-15(13)18-16/h5-8,14H,3-4,9-11H2,1-2H3. The second-order valence-electron chi connectivity index (χ2n) is 4.88. The largest absolute Gasteiger partial charge is 0.300 e. The van der Waals surface area contributed by atoms with Crippen molar-refractivity contribution >= 4 is 17.7 Å². The van der Waals surface area contributed by atoms with Gasteiger partial charge in [-0.3, -0.25) is 0 Å². The summed E-state index contributed by atoms with van der Waals surface area (Å²) in [5.74, 6) is 0.292.